The van der Waals surface area contributed by atoms with Crippen molar-refractivity contribution in [2.24, 2.45) is 5.92 Å². The summed E-state index contributed by atoms with van der Waals surface area (Å²) in [6, 6.07) is 0.326. The maximum absolute atomic E-state index is 11.7. The minimum Gasteiger partial charge on any atom is -0.466 e. The van der Waals surface area contributed by atoms with Gasteiger partial charge in [0.15, 0.2) is 5.82 Å². The van der Waals surface area contributed by atoms with Crippen molar-refractivity contribution in [3.05, 3.63) is 5.82 Å². The van der Waals surface area contributed by atoms with E-state index in [0.29, 0.717) is 25.0 Å². The van der Waals surface area contributed by atoms with Crippen LogP contribution < -0.4 is 5.32 Å². The fraction of sp³-hybridized carbons (Fsp3) is 0.818. The highest BCUT2D eigenvalue weighted by Crippen LogP contribution is 2.25. The molecule has 0 amide bonds. The van der Waals surface area contributed by atoms with Gasteiger partial charge in [0.25, 0.3) is 0 Å². The van der Waals surface area contributed by atoms with Crippen molar-refractivity contribution >= 4 is 5.97 Å². The van der Waals surface area contributed by atoms with Gasteiger partial charge in [-0.15, -0.1) is 10.2 Å². The first-order chi connectivity index (χ1) is 8.79. The molecule has 0 radical (unpaired) electrons. The number of nitrogens with one attached hydrogen (secondary N) is 2. The summed E-state index contributed by atoms with van der Waals surface area (Å²) in [6.07, 6.45) is 3.89. The van der Waals surface area contributed by atoms with Gasteiger partial charge in [-0.25, -0.2) is 0 Å². The zero-order valence-corrected chi connectivity index (χ0v) is 10.6. The van der Waals surface area contributed by atoms with E-state index >= 15 is 0 Å². The van der Waals surface area contributed by atoms with E-state index in [4.69, 9.17) is 4.74 Å². The Morgan fingerprint density at radius 2 is 2.44 bits per heavy atom. The molecule has 1 saturated carbocycles. The average molecular weight is 253 g/mol. The molecule has 0 bridgehead atoms. The molecule has 2 unspecified atom stereocenters. The van der Waals surface area contributed by atoms with Gasteiger partial charge in [0.1, 0.15) is 0 Å². The smallest absolute Gasteiger partial charge is 0.308 e. The summed E-state index contributed by atoms with van der Waals surface area (Å²) >= 11 is 0. The summed E-state index contributed by atoms with van der Waals surface area (Å²) in [4.78, 5) is 11.7. The summed E-state index contributed by atoms with van der Waals surface area (Å²) in [7, 11) is 0. The van der Waals surface area contributed by atoms with Crippen LogP contribution >= 0.6 is 0 Å². The molecular weight excluding hydrogens is 234 g/mol. The normalized spacial score (nSPS) is 23.8. The molecule has 1 aromatic heterocycles. The Bertz CT molecular complexity index is 368. The molecule has 0 saturated heterocycles. The van der Waals surface area contributed by atoms with Crippen LogP contribution in [0.5, 0.6) is 0 Å². The molecule has 1 fully saturated rings. The van der Waals surface area contributed by atoms with E-state index in [1.54, 1.807) is 0 Å². The number of hydrogen-bond acceptors (Lipinski definition) is 6. The zero-order valence-electron chi connectivity index (χ0n) is 10.6. The van der Waals surface area contributed by atoms with Crippen molar-refractivity contribution in [3.63, 3.8) is 0 Å². The lowest BCUT2D eigenvalue weighted by Gasteiger charge is -2.28. The lowest BCUT2D eigenvalue weighted by molar-refractivity contribution is -0.149. The first-order valence-electron chi connectivity index (χ1n) is 6.42. The van der Waals surface area contributed by atoms with E-state index in [-0.39, 0.29) is 11.9 Å². The van der Waals surface area contributed by atoms with Crippen LogP contribution in [0.15, 0.2) is 0 Å². The van der Waals surface area contributed by atoms with Gasteiger partial charge in [-0.2, -0.15) is 5.21 Å². The predicted octanol–water partition coefficient (Wildman–Crippen LogP) is 0.411. The molecule has 2 rings (SSSR count). The summed E-state index contributed by atoms with van der Waals surface area (Å²) < 4.78 is 5.07. The maximum atomic E-state index is 11.7. The second-order valence-electron chi connectivity index (χ2n) is 4.52. The quantitative estimate of drug-likeness (QED) is 0.738. The highest BCUT2D eigenvalue weighted by molar-refractivity contribution is 5.72. The molecule has 7 nitrogen and oxygen atoms in total. The van der Waals surface area contributed by atoms with Gasteiger partial charge >= 0.3 is 5.97 Å². The SMILES string of the molecule is CCOC(=O)C1CCCC(NCc2nn[nH]n2)C1. The van der Waals surface area contributed by atoms with Crippen molar-refractivity contribution in [3.8, 4) is 0 Å². The average Bonchev–Trinajstić information content (AvgIpc) is 2.90. The van der Waals surface area contributed by atoms with Crippen LogP contribution in [-0.2, 0) is 16.1 Å². The van der Waals surface area contributed by atoms with Crippen molar-refractivity contribution in [2.75, 3.05) is 6.61 Å². The molecule has 100 valence electrons. The molecular formula is C11H19N5O2. The van der Waals surface area contributed by atoms with Gasteiger partial charge in [-0.3, -0.25) is 4.79 Å². The summed E-state index contributed by atoms with van der Waals surface area (Å²) in [6.45, 7) is 2.87. The van der Waals surface area contributed by atoms with Gasteiger partial charge in [0.2, 0.25) is 0 Å². The van der Waals surface area contributed by atoms with Crippen molar-refractivity contribution in [1.29, 1.82) is 0 Å². The highest BCUT2D eigenvalue weighted by Gasteiger charge is 2.28. The van der Waals surface area contributed by atoms with E-state index in [9.17, 15) is 4.79 Å². The number of aromatic amines is 1. The van der Waals surface area contributed by atoms with Crippen molar-refractivity contribution in [2.45, 2.75) is 45.2 Å². The maximum Gasteiger partial charge on any atom is 0.308 e. The lowest BCUT2D eigenvalue weighted by atomic mass is 9.86. The molecule has 1 aromatic rings. The molecule has 18 heavy (non-hydrogen) atoms. The van der Waals surface area contributed by atoms with E-state index in [1.807, 2.05) is 6.92 Å². The molecule has 1 aliphatic rings. The molecule has 7 heteroatoms. The lowest BCUT2D eigenvalue weighted by Crippen LogP contribution is -2.36. The van der Waals surface area contributed by atoms with Gasteiger partial charge in [0.05, 0.1) is 19.1 Å². The van der Waals surface area contributed by atoms with Crippen LogP contribution in [0.1, 0.15) is 38.4 Å². The monoisotopic (exact) mass is 253 g/mol. The van der Waals surface area contributed by atoms with Gasteiger partial charge in [-0.05, 0) is 26.2 Å². The number of carbonyl (C=O) groups excluding carboxylic acids is 1. The van der Waals surface area contributed by atoms with Crippen LogP contribution in [0.4, 0.5) is 0 Å². The number of H-pyrrole nitrogens is 1. The first kappa shape index (κ1) is 12.9. The van der Waals surface area contributed by atoms with Crippen LogP contribution in [-0.4, -0.2) is 39.2 Å². The number of aromatic nitrogens is 4. The minimum absolute atomic E-state index is 0.0291. The third-order valence-corrected chi connectivity index (χ3v) is 3.23. The molecule has 2 N–H and O–H groups in total. The molecule has 0 aromatic carbocycles. The molecule has 0 spiro atoms. The molecule has 1 aliphatic carbocycles. The Balaban J connectivity index is 1.77. The molecule has 1 heterocycles. The zero-order chi connectivity index (χ0) is 12.8. The highest BCUT2D eigenvalue weighted by atomic mass is 16.5. The Labute approximate surface area is 106 Å². The second kappa shape index (κ2) is 6.44. The van der Waals surface area contributed by atoms with E-state index in [1.165, 1.54) is 0 Å². The summed E-state index contributed by atoms with van der Waals surface area (Å²) in [5.41, 5.74) is 0. The van der Waals surface area contributed by atoms with Crippen molar-refractivity contribution < 1.29 is 9.53 Å². The molecule has 2 atom stereocenters. The third-order valence-electron chi connectivity index (χ3n) is 3.23. The van der Waals surface area contributed by atoms with Crippen LogP contribution in [0.25, 0.3) is 0 Å². The fourth-order valence-corrected chi connectivity index (χ4v) is 2.34. The predicted molar refractivity (Wildman–Crippen MR) is 63.4 cm³/mol. The first-order valence-corrected chi connectivity index (χ1v) is 6.42. The standard InChI is InChI=1S/C11H19N5O2/c1-2-18-11(17)8-4-3-5-9(6-8)12-7-10-13-15-16-14-10/h8-9,12H,2-7H2,1H3,(H,13,14,15,16). The Kier molecular flexibility index (Phi) is 4.63. The largest absolute Gasteiger partial charge is 0.466 e. The molecule has 0 aliphatic heterocycles. The number of esters is 1. The number of carbonyl (C=O) groups is 1. The van der Waals surface area contributed by atoms with E-state index in [0.717, 1.165) is 25.7 Å². The Morgan fingerprint density at radius 1 is 1.56 bits per heavy atom. The van der Waals surface area contributed by atoms with Gasteiger partial charge in [0, 0.05) is 6.04 Å². The van der Waals surface area contributed by atoms with Crippen LogP contribution in [0, 0.1) is 5.92 Å². The number of ether oxygens (including phenoxy) is 1. The number of tetrazole rings is 1. The summed E-state index contributed by atoms with van der Waals surface area (Å²) in [5, 5.41) is 17.0. The topological polar surface area (TPSA) is 92.8 Å². The van der Waals surface area contributed by atoms with Crippen LogP contribution in [0.2, 0.25) is 0 Å². The second-order valence-corrected chi connectivity index (χ2v) is 4.52. The third kappa shape index (κ3) is 3.49. The minimum atomic E-state index is -0.0661. The fourth-order valence-electron chi connectivity index (χ4n) is 2.34. The van der Waals surface area contributed by atoms with Crippen molar-refractivity contribution in [1.82, 2.24) is 25.9 Å². The Morgan fingerprint density at radius 3 is 3.17 bits per heavy atom. The van der Waals surface area contributed by atoms with E-state index in [2.05, 4.69) is 25.9 Å². The Hall–Kier alpha value is -1.50. The van der Waals surface area contributed by atoms with Gasteiger partial charge in [-0.1, -0.05) is 11.6 Å². The van der Waals surface area contributed by atoms with Crippen LogP contribution in [0.3, 0.4) is 0 Å². The van der Waals surface area contributed by atoms with Gasteiger partial charge < -0.3 is 10.1 Å². The number of rotatable bonds is 5. The number of hydrogen-bond donors (Lipinski definition) is 2. The number of nitrogens with zero attached hydrogens (tertiary/aromatic N) is 3. The summed E-state index contributed by atoms with van der Waals surface area (Å²) in [5.74, 6) is 0.610. The van der Waals surface area contributed by atoms with E-state index < -0.39 is 0 Å².